The van der Waals surface area contributed by atoms with Crippen LogP contribution < -0.4 is 10.6 Å². The van der Waals surface area contributed by atoms with Gasteiger partial charge in [-0.15, -0.1) is 24.0 Å². The summed E-state index contributed by atoms with van der Waals surface area (Å²) in [5, 5.41) is 10.8. The van der Waals surface area contributed by atoms with Gasteiger partial charge in [-0.2, -0.15) is 5.10 Å². The van der Waals surface area contributed by atoms with Gasteiger partial charge in [0.25, 0.3) is 0 Å². The second kappa shape index (κ2) is 9.45. The highest BCUT2D eigenvalue weighted by Crippen LogP contribution is 2.07. The van der Waals surface area contributed by atoms with E-state index in [1.165, 1.54) is 11.1 Å². The number of guanidine groups is 1. The number of nitrogens with zero attached hydrogens (tertiary/aromatic N) is 3. The van der Waals surface area contributed by atoms with E-state index in [2.05, 4.69) is 58.8 Å². The molecule has 0 aliphatic heterocycles. The van der Waals surface area contributed by atoms with Gasteiger partial charge in [0.05, 0.1) is 6.54 Å². The summed E-state index contributed by atoms with van der Waals surface area (Å²) >= 11 is 0. The molecule has 0 aliphatic rings. The molecule has 0 radical (unpaired) electrons. The van der Waals surface area contributed by atoms with Crippen LogP contribution in [0.25, 0.3) is 0 Å². The summed E-state index contributed by atoms with van der Waals surface area (Å²) in [5.74, 6) is 0.822. The van der Waals surface area contributed by atoms with Crippen molar-refractivity contribution < 1.29 is 0 Å². The van der Waals surface area contributed by atoms with Crippen LogP contribution in [0.4, 0.5) is 0 Å². The fourth-order valence-corrected chi connectivity index (χ4v) is 2.07. The molecule has 0 amide bonds. The maximum atomic E-state index is 4.23. The first-order valence-electron chi connectivity index (χ1n) is 7.20. The molecule has 2 N–H and O–H groups in total. The second-order valence-corrected chi connectivity index (χ2v) is 5.25. The lowest BCUT2D eigenvalue weighted by atomic mass is 10.1. The number of hydrogen-bond acceptors (Lipinski definition) is 2. The average Bonchev–Trinajstić information content (AvgIpc) is 2.96. The predicted molar refractivity (Wildman–Crippen MR) is 102 cm³/mol. The number of aromatic nitrogens is 2. The molecule has 0 saturated carbocycles. The van der Waals surface area contributed by atoms with E-state index in [1.807, 2.05) is 16.9 Å². The van der Waals surface area contributed by atoms with E-state index < -0.39 is 0 Å². The fourth-order valence-electron chi connectivity index (χ4n) is 2.07. The molecule has 1 aromatic carbocycles. The molecule has 0 atom stereocenters. The maximum absolute atomic E-state index is 4.23. The van der Waals surface area contributed by atoms with Gasteiger partial charge in [-0.05, 0) is 31.0 Å². The van der Waals surface area contributed by atoms with Gasteiger partial charge >= 0.3 is 0 Å². The molecule has 120 valence electrons. The van der Waals surface area contributed by atoms with Crippen molar-refractivity contribution in [2.75, 3.05) is 7.05 Å². The van der Waals surface area contributed by atoms with E-state index in [-0.39, 0.29) is 24.0 Å². The summed E-state index contributed by atoms with van der Waals surface area (Å²) < 4.78 is 1.92. The molecular weight excluding hydrogens is 389 g/mol. The Kier molecular flexibility index (Phi) is 7.94. The second-order valence-electron chi connectivity index (χ2n) is 5.25. The highest BCUT2D eigenvalue weighted by molar-refractivity contribution is 14.0. The molecule has 0 aliphatic carbocycles. The predicted octanol–water partition coefficient (Wildman–Crippen LogP) is 2.62. The Morgan fingerprint density at radius 1 is 1.27 bits per heavy atom. The van der Waals surface area contributed by atoms with Gasteiger partial charge in [0.2, 0.25) is 0 Å². The first kappa shape index (κ1) is 18.5. The van der Waals surface area contributed by atoms with Crippen molar-refractivity contribution in [1.29, 1.82) is 0 Å². The van der Waals surface area contributed by atoms with Crippen LogP contribution in [0.3, 0.4) is 0 Å². The van der Waals surface area contributed by atoms with Crippen molar-refractivity contribution >= 4 is 29.9 Å². The molecule has 6 heteroatoms. The van der Waals surface area contributed by atoms with E-state index in [4.69, 9.17) is 0 Å². The Bertz CT molecular complexity index is 578. The molecule has 5 nitrogen and oxygen atoms in total. The maximum Gasteiger partial charge on any atom is 0.191 e. The first-order valence-corrected chi connectivity index (χ1v) is 7.20. The lowest BCUT2D eigenvalue weighted by molar-refractivity contribution is 0.684. The highest BCUT2D eigenvalue weighted by atomic mass is 127. The van der Waals surface area contributed by atoms with Crippen molar-refractivity contribution in [2.45, 2.75) is 33.0 Å². The number of nitrogens with one attached hydrogen (secondary N) is 2. The number of hydrogen-bond donors (Lipinski definition) is 2. The summed E-state index contributed by atoms with van der Waals surface area (Å²) in [6, 6.07) is 10.8. The van der Waals surface area contributed by atoms with Gasteiger partial charge in [-0.25, -0.2) is 0 Å². The topological polar surface area (TPSA) is 54.2 Å². The molecule has 1 heterocycles. The lowest BCUT2D eigenvalue weighted by Gasteiger charge is -2.14. The highest BCUT2D eigenvalue weighted by Gasteiger charge is 2.01. The minimum Gasteiger partial charge on any atom is -0.354 e. The third-order valence-electron chi connectivity index (χ3n) is 3.00. The summed E-state index contributed by atoms with van der Waals surface area (Å²) in [6.07, 6.45) is 3.77. The third-order valence-corrected chi connectivity index (χ3v) is 3.00. The molecular formula is C16H24IN5. The van der Waals surface area contributed by atoms with E-state index in [9.17, 15) is 0 Å². The molecule has 0 unspecified atom stereocenters. The minimum absolute atomic E-state index is 0. The zero-order valence-electron chi connectivity index (χ0n) is 13.3. The summed E-state index contributed by atoms with van der Waals surface area (Å²) in [7, 11) is 1.78. The van der Waals surface area contributed by atoms with Crippen LogP contribution in [0.5, 0.6) is 0 Å². The van der Waals surface area contributed by atoms with Crippen molar-refractivity contribution in [1.82, 2.24) is 20.4 Å². The van der Waals surface area contributed by atoms with Crippen LogP contribution in [0.1, 0.15) is 25.0 Å². The summed E-state index contributed by atoms with van der Waals surface area (Å²) in [4.78, 5) is 4.21. The molecule has 0 bridgehead atoms. The number of benzene rings is 1. The van der Waals surface area contributed by atoms with E-state index in [0.717, 1.165) is 19.0 Å². The Balaban J connectivity index is 0.00000242. The normalized spacial score (nSPS) is 11.2. The Hall–Kier alpha value is -1.57. The van der Waals surface area contributed by atoms with Crippen molar-refractivity contribution in [3.8, 4) is 0 Å². The van der Waals surface area contributed by atoms with Crippen LogP contribution >= 0.6 is 24.0 Å². The fraction of sp³-hybridized carbons (Fsp3) is 0.375. The van der Waals surface area contributed by atoms with Gasteiger partial charge < -0.3 is 10.6 Å². The smallest absolute Gasteiger partial charge is 0.191 e. The van der Waals surface area contributed by atoms with Crippen LogP contribution in [0.2, 0.25) is 0 Å². The number of halogens is 1. The van der Waals surface area contributed by atoms with Crippen LogP contribution in [-0.2, 0) is 13.1 Å². The van der Waals surface area contributed by atoms with Crippen molar-refractivity contribution in [3.05, 3.63) is 53.9 Å². The number of aliphatic imine (C=N–C) groups is 1. The van der Waals surface area contributed by atoms with Crippen molar-refractivity contribution in [3.63, 3.8) is 0 Å². The zero-order valence-corrected chi connectivity index (χ0v) is 15.6. The summed E-state index contributed by atoms with van der Waals surface area (Å²) in [5.41, 5.74) is 2.47. The molecule has 1 aromatic heterocycles. The van der Waals surface area contributed by atoms with Crippen molar-refractivity contribution in [2.24, 2.45) is 4.99 Å². The van der Waals surface area contributed by atoms with Gasteiger partial charge in [-0.1, -0.05) is 24.3 Å². The van der Waals surface area contributed by atoms with Gasteiger partial charge in [0.15, 0.2) is 5.96 Å². The molecule has 22 heavy (non-hydrogen) atoms. The van der Waals surface area contributed by atoms with Crippen LogP contribution in [0.15, 0.2) is 47.7 Å². The zero-order chi connectivity index (χ0) is 15.1. The van der Waals surface area contributed by atoms with Gasteiger partial charge in [-0.3, -0.25) is 9.67 Å². The average molecular weight is 413 g/mol. The first-order chi connectivity index (χ1) is 10.2. The van der Waals surface area contributed by atoms with Gasteiger partial charge in [0, 0.05) is 32.0 Å². The molecule has 0 spiro atoms. The van der Waals surface area contributed by atoms with E-state index >= 15 is 0 Å². The molecule has 0 saturated heterocycles. The Labute approximate surface area is 149 Å². The quantitative estimate of drug-likeness (QED) is 0.450. The summed E-state index contributed by atoms with van der Waals surface area (Å²) in [6.45, 7) is 5.73. The minimum atomic E-state index is 0. The van der Waals surface area contributed by atoms with Crippen LogP contribution in [0, 0.1) is 0 Å². The van der Waals surface area contributed by atoms with E-state index in [0.29, 0.717) is 6.04 Å². The third kappa shape index (κ3) is 6.05. The van der Waals surface area contributed by atoms with Crippen LogP contribution in [-0.4, -0.2) is 28.8 Å². The Morgan fingerprint density at radius 3 is 2.68 bits per heavy atom. The molecule has 2 rings (SSSR count). The monoisotopic (exact) mass is 413 g/mol. The lowest BCUT2D eigenvalue weighted by Crippen LogP contribution is -2.40. The standard InChI is InChI=1S/C16H23N5.HI/c1-13(2)20-16(17-3)18-11-14-6-4-7-15(10-14)12-21-9-5-8-19-21;/h4-10,13H,11-12H2,1-3H3,(H2,17,18,20);1H. The van der Waals surface area contributed by atoms with Gasteiger partial charge in [0.1, 0.15) is 0 Å². The number of rotatable bonds is 5. The molecule has 0 fully saturated rings. The Morgan fingerprint density at radius 2 is 2.05 bits per heavy atom. The van der Waals surface area contributed by atoms with E-state index in [1.54, 1.807) is 13.2 Å². The largest absolute Gasteiger partial charge is 0.354 e. The SMILES string of the molecule is CN=C(NCc1cccc(Cn2cccn2)c1)NC(C)C.I. The molecule has 2 aromatic rings.